The molecule has 1 aromatic carbocycles. The van der Waals surface area contributed by atoms with E-state index in [1.165, 1.54) is 11.3 Å². The third-order valence-corrected chi connectivity index (χ3v) is 6.51. The Morgan fingerprint density at radius 3 is 2.81 bits per heavy atom. The highest BCUT2D eigenvalue weighted by atomic mass is 32.1. The Hall–Kier alpha value is -3.44. The van der Waals surface area contributed by atoms with E-state index in [4.69, 9.17) is 10.7 Å². The number of nitrogen functional groups attached to an aromatic ring is 1. The van der Waals surface area contributed by atoms with Crippen molar-refractivity contribution in [3.8, 4) is 16.6 Å². The molecule has 7 nitrogen and oxygen atoms in total. The topological polar surface area (TPSA) is 99.1 Å². The number of hydrogen-bond acceptors (Lipinski definition) is 7. The maximum absolute atomic E-state index is 13.2. The van der Waals surface area contributed by atoms with Gasteiger partial charge in [-0.25, -0.2) is 9.97 Å². The van der Waals surface area contributed by atoms with Crippen LogP contribution in [0.3, 0.4) is 0 Å². The summed E-state index contributed by atoms with van der Waals surface area (Å²) in [4.78, 5) is 27.1. The molecule has 3 heterocycles. The zero-order valence-electron chi connectivity index (χ0n) is 17.6. The van der Waals surface area contributed by atoms with Crippen LogP contribution in [0.5, 0.6) is 0 Å². The van der Waals surface area contributed by atoms with Gasteiger partial charge in [0.05, 0.1) is 11.3 Å². The predicted octanol–water partition coefficient (Wildman–Crippen LogP) is 4.10. The number of nitriles is 1. The molecule has 3 aromatic rings. The number of benzene rings is 1. The summed E-state index contributed by atoms with van der Waals surface area (Å²) < 4.78 is 0. The van der Waals surface area contributed by atoms with Crippen molar-refractivity contribution >= 4 is 34.4 Å². The van der Waals surface area contributed by atoms with Crippen molar-refractivity contribution in [2.75, 3.05) is 35.2 Å². The summed E-state index contributed by atoms with van der Waals surface area (Å²) >= 11 is 1.39. The van der Waals surface area contributed by atoms with Crippen molar-refractivity contribution in [1.82, 2.24) is 9.97 Å². The van der Waals surface area contributed by atoms with Gasteiger partial charge in [0.15, 0.2) is 0 Å². The van der Waals surface area contributed by atoms with E-state index >= 15 is 0 Å². The molecule has 1 aliphatic heterocycles. The van der Waals surface area contributed by atoms with Gasteiger partial charge < -0.3 is 15.5 Å². The third kappa shape index (κ3) is 3.97. The number of rotatable bonds is 6. The Morgan fingerprint density at radius 2 is 2.13 bits per heavy atom. The third-order valence-electron chi connectivity index (χ3n) is 5.37. The van der Waals surface area contributed by atoms with Gasteiger partial charge in [-0.15, -0.1) is 11.3 Å². The second-order valence-corrected chi connectivity index (χ2v) is 8.37. The van der Waals surface area contributed by atoms with E-state index in [1.807, 2.05) is 18.3 Å². The predicted molar refractivity (Wildman–Crippen MR) is 124 cm³/mol. The van der Waals surface area contributed by atoms with Crippen LogP contribution in [0.2, 0.25) is 0 Å². The maximum atomic E-state index is 13.2. The van der Waals surface area contributed by atoms with Crippen molar-refractivity contribution < 1.29 is 4.79 Å². The lowest BCUT2D eigenvalue weighted by Crippen LogP contribution is -2.37. The fraction of sp³-hybridized carbons (Fsp3) is 0.304. The normalized spacial score (nSPS) is 13.1. The molecule has 31 heavy (non-hydrogen) atoms. The highest BCUT2D eigenvalue weighted by molar-refractivity contribution is 7.17. The molecule has 8 heteroatoms. The minimum absolute atomic E-state index is 0.0941. The molecule has 0 unspecified atom stereocenters. The molecule has 158 valence electrons. The van der Waals surface area contributed by atoms with Gasteiger partial charge in [-0.3, -0.25) is 4.79 Å². The minimum Gasteiger partial charge on any atom is -0.398 e. The molecule has 2 N–H and O–H groups in total. The molecule has 0 fully saturated rings. The van der Waals surface area contributed by atoms with Crippen molar-refractivity contribution in [1.29, 1.82) is 5.26 Å². The average Bonchev–Trinajstić information content (AvgIpc) is 3.24. The first kappa shape index (κ1) is 20.8. The zero-order valence-corrected chi connectivity index (χ0v) is 18.4. The number of fused-ring (bicyclic) bond motifs is 1. The molecule has 1 amide bonds. The number of carbonyl (C=O) groups is 1. The van der Waals surface area contributed by atoms with E-state index in [2.05, 4.69) is 29.8 Å². The van der Waals surface area contributed by atoms with E-state index in [-0.39, 0.29) is 5.91 Å². The second kappa shape index (κ2) is 8.74. The van der Waals surface area contributed by atoms with Gasteiger partial charge in [-0.2, -0.15) is 5.26 Å². The molecule has 0 saturated carbocycles. The second-order valence-electron chi connectivity index (χ2n) is 7.37. The van der Waals surface area contributed by atoms with Gasteiger partial charge in [-0.1, -0.05) is 6.92 Å². The lowest BCUT2D eigenvalue weighted by Gasteiger charge is -2.26. The Balaban J connectivity index is 1.59. The monoisotopic (exact) mass is 432 g/mol. The number of thiazole rings is 1. The quantitative estimate of drug-likeness (QED) is 0.589. The SMILES string of the molecule is CCCN(CC)c1ccc(-c2nc3c(s2)C(=O)N(c2ccc(N)c(C#N)c2)CC3)cn1. The van der Waals surface area contributed by atoms with E-state index in [9.17, 15) is 10.1 Å². The molecule has 0 radical (unpaired) electrons. The number of nitrogens with two attached hydrogens (primary N) is 1. The van der Waals surface area contributed by atoms with E-state index in [0.717, 1.165) is 41.6 Å². The number of anilines is 3. The van der Waals surface area contributed by atoms with Crippen LogP contribution in [-0.4, -0.2) is 35.5 Å². The van der Waals surface area contributed by atoms with Crippen molar-refractivity contribution in [2.24, 2.45) is 0 Å². The molecular weight excluding hydrogens is 408 g/mol. The Morgan fingerprint density at radius 1 is 1.29 bits per heavy atom. The van der Waals surface area contributed by atoms with Crippen LogP contribution in [0.1, 0.15) is 41.2 Å². The van der Waals surface area contributed by atoms with Crippen molar-refractivity contribution in [3.63, 3.8) is 0 Å². The smallest absolute Gasteiger partial charge is 0.270 e. The first-order valence-corrected chi connectivity index (χ1v) is 11.2. The van der Waals surface area contributed by atoms with Crippen molar-refractivity contribution in [3.05, 3.63) is 52.7 Å². The van der Waals surface area contributed by atoms with Crippen LogP contribution >= 0.6 is 11.3 Å². The first-order valence-electron chi connectivity index (χ1n) is 10.4. The molecule has 0 spiro atoms. The van der Waals surface area contributed by atoms with Crippen LogP contribution in [0.15, 0.2) is 36.5 Å². The molecule has 2 aromatic heterocycles. The van der Waals surface area contributed by atoms with Crippen LogP contribution in [0, 0.1) is 11.3 Å². The fourth-order valence-corrected chi connectivity index (χ4v) is 4.76. The van der Waals surface area contributed by atoms with Gasteiger partial charge in [0.25, 0.3) is 5.91 Å². The van der Waals surface area contributed by atoms with Gasteiger partial charge in [0.1, 0.15) is 21.8 Å². The summed E-state index contributed by atoms with van der Waals surface area (Å²) in [5, 5.41) is 10.0. The largest absolute Gasteiger partial charge is 0.398 e. The minimum atomic E-state index is -0.0941. The number of nitrogens with zero attached hydrogens (tertiary/aromatic N) is 5. The molecule has 0 atom stereocenters. The maximum Gasteiger partial charge on any atom is 0.270 e. The average molecular weight is 433 g/mol. The number of amides is 1. The van der Waals surface area contributed by atoms with Gasteiger partial charge in [-0.05, 0) is 43.7 Å². The number of pyridine rings is 1. The summed E-state index contributed by atoms with van der Waals surface area (Å²) in [6.07, 6.45) is 3.56. The van der Waals surface area contributed by atoms with Gasteiger partial charge >= 0.3 is 0 Å². The summed E-state index contributed by atoms with van der Waals surface area (Å²) in [7, 11) is 0. The standard InChI is InChI=1S/C23H24N6OS/c1-3-10-28(4-2)20-8-5-15(14-26-20)22-27-19-9-11-29(23(30)21(19)31-22)17-6-7-18(25)16(12-17)13-24/h5-8,12,14H,3-4,9-11,25H2,1-2H3. The molecule has 1 aliphatic rings. The van der Waals surface area contributed by atoms with Crippen LogP contribution in [-0.2, 0) is 6.42 Å². The van der Waals surface area contributed by atoms with E-state index < -0.39 is 0 Å². The number of carbonyl (C=O) groups excluding carboxylic acids is 1. The Bertz CT molecular complexity index is 1150. The summed E-state index contributed by atoms with van der Waals surface area (Å²) in [6.45, 7) is 6.68. The Labute approximate surface area is 185 Å². The summed E-state index contributed by atoms with van der Waals surface area (Å²) in [6, 6.07) is 11.2. The lowest BCUT2D eigenvalue weighted by atomic mass is 10.1. The van der Waals surface area contributed by atoms with Crippen LogP contribution in [0.25, 0.3) is 10.6 Å². The molecule has 0 aliphatic carbocycles. The molecule has 0 saturated heterocycles. The first-order chi connectivity index (χ1) is 15.0. The van der Waals surface area contributed by atoms with Crippen LogP contribution in [0.4, 0.5) is 17.2 Å². The fourth-order valence-electron chi connectivity index (χ4n) is 3.71. The van der Waals surface area contributed by atoms with E-state index in [1.54, 1.807) is 23.1 Å². The zero-order chi connectivity index (χ0) is 22.0. The highest BCUT2D eigenvalue weighted by Crippen LogP contribution is 2.34. The van der Waals surface area contributed by atoms with Crippen LogP contribution < -0.4 is 15.5 Å². The number of aromatic nitrogens is 2. The molecule has 4 rings (SSSR count). The summed E-state index contributed by atoms with van der Waals surface area (Å²) in [5.41, 5.74) is 9.01. The van der Waals surface area contributed by atoms with Gasteiger partial charge in [0.2, 0.25) is 0 Å². The molecule has 0 bridgehead atoms. The number of hydrogen-bond donors (Lipinski definition) is 1. The summed E-state index contributed by atoms with van der Waals surface area (Å²) in [5.74, 6) is 0.858. The highest BCUT2D eigenvalue weighted by Gasteiger charge is 2.30. The van der Waals surface area contributed by atoms with Crippen molar-refractivity contribution in [2.45, 2.75) is 26.7 Å². The lowest BCUT2D eigenvalue weighted by molar-refractivity contribution is 0.0984. The Kier molecular flexibility index (Phi) is 5.87. The van der Waals surface area contributed by atoms with E-state index in [0.29, 0.717) is 34.8 Å². The van der Waals surface area contributed by atoms with Gasteiger partial charge in [0, 0.05) is 49.2 Å². The molecular formula is C23H24N6OS.